The van der Waals surface area contributed by atoms with Gasteiger partial charge in [0.25, 0.3) is 5.69 Å². The lowest BCUT2D eigenvalue weighted by molar-refractivity contribution is -0.385. The maximum absolute atomic E-state index is 11.5. The number of para-hydroxylation sites is 1. The van der Waals surface area contributed by atoms with E-state index in [1.54, 1.807) is 13.0 Å². The second-order valence-electron chi connectivity index (χ2n) is 3.58. The molecule has 0 unspecified atom stereocenters. The average molecular weight is 251 g/mol. The minimum atomic E-state index is -0.610. The zero-order valence-electron chi connectivity index (χ0n) is 9.92. The van der Waals surface area contributed by atoms with E-state index in [2.05, 4.69) is 4.74 Å². The van der Waals surface area contributed by atoms with Crippen LogP contribution in [-0.2, 0) is 20.7 Å². The van der Waals surface area contributed by atoms with Crippen LogP contribution in [0.2, 0.25) is 0 Å². The second kappa shape index (κ2) is 6.48. The molecule has 0 bridgehead atoms. The molecule has 0 aliphatic rings. The van der Waals surface area contributed by atoms with E-state index < -0.39 is 16.7 Å². The first-order chi connectivity index (χ1) is 8.54. The third-order valence-corrected chi connectivity index (χ3v) is 2.22. The van der Waals surface area contributed by atoms with Crippen LogP contribution in [-0.4, -0.2) is 23.3 Å². The van der Waals surface area contributed by atoms with Gasteiger partial charge in [0.15, 0.2) is 0 Å². The lowest BCUT2D eigenvalue weighted by Gasteiger charge is -2.02. The van der Waals surface area contributed by atoms with Gasteiger partial charge in [-0.2, -0.15) is 0 Å². The summed E-state index contributed by atoms with van der Waals surface area (Å²) in [6.45, 7) is 1.85. The van der Waals surface area contributed by atoms with Crippen molar-refractivity contribution in [1.29, 1.82) is 0 Å². The van der Waals surface area contributed by atoms with Gasteiger partial charge in [-0.25, -0.2) is 0 Å². The summed E-state index contributed by atoms with van der Waals surface area (Å²) in [6.07, 6.45) is -0.504. The van der Waals surface area contributed by atoms with Crippen LogP contribution in [0, 0.1) is 10.1 Å². The zero-order valence-corrected chi connectivity index (χ0v) is 9.92. The van der Waals surface area contributed by atoms with Crippen molar-refractivity contribution in [3.05, 3.63) is 39.9 Å². The first-order valence-corrected chi connectivity index (χ1v) is 5.44. The van der Waals surface area contributed by atoms with E-state index in [1.807, 2.05) is 0 Å². The Kier molecular flexibility index (Phi) is 4.98. The highest BCUT2D eigenvalue weighted by Crippen LogP contribution is 2.18. The standard InChI is InChI=1S/C12H13NO5/c1-2-18-12(15)8-10(14)7-9-5-3-4-6-11(9)13(16)17/h3-6H,2,7-8H2,1H3. The van der Waals surface area contributed by atoms with Crippen LogP contribution in [0.15, 0.2) is 24.3 Å². The molecule has 1 aromatic rings. The molecular formula is C12H13NO5. The van der Waals surface area contributed by atoms with Gasteiger partial charge in [0.05, 0.1) is 11.5 Å². The van der Waals surface area contributed by atoms with Crippen molar-refractivity contribution in [2.75, 3.05) is 6.61 Å². The molecule has 0 spiro atoms. The number of hydrogen-bond donors (Lipinski definition) is 0. The quantitative estimate of drug-likeness (QED) is 0.332. The van der Waals surface area contributed by atoms with Crippen LogP contribution in [0.1, 0.15) is 18.9 Å². The number of hydrogen-bond acceptors (Lipinski definition) is 5. The molecule has 0 aromatic heterocycles. The van der Waals surface area contributed by atoms with Crippen LogP contribution >= 0.6 is 0 Å². The van der Waals surface area contributed by atoms with Gasteiger partial charge in [0.1, 0.15) is 12.2 Å². The van der Waals surface area contributed by atoms with Crippen molar-refractivity contribution in [2.24, 2.45) is 0 Å². The topological polar surface area (TPSA) is 86.5 Å². The first-order valence-electron chi connectivity index (χ1n) is 5.44. The van der Waals surface area contributed by atoms with Crippen LogP contribution in [0.25, 0.3) is 0 Å². The summed E-state index contributed by atoms with van der Waals surface area (Å²) in [5.74, 6) is -1.01. The third-order valence-electron chi connectivity index (χ3n) is 2.22. The number of ketones is 1. The number of rotatable bonds is 6. The molecule has 0 atom stereocenters. The molecular weight excluding hydrogens is 238 g/mol. The highest BCUT2D eigenvalue weighted by atomic mass is 16.6. The molecule has 0 saturated carbocycles. The van der Waals surface area contributed by atoms with E-state index in [-0.39, 0.29) is 25.1 Å². The number of esters is 1. The minimum Gasteiger partial charge on any atom is -0.466 e. The lowest BCUT2D eigenvalue weighted by Crippen LogP contribution is -2.13. The maximum atomic E-state index is 11.5. The van der Waals surface area contributed by atoms with Crippen LogP contribution in [0.5, 0.6) is 0 Å². The van der Waals surface area contributed by atoms with Gasteiger partial charge in [0.2, 0.25) is 0 Å². The molecule has 0 aliphatic carbocycles. The number of nitrogens with zero attached hydrogens (tertiary/aromatic N) is 1. The third kappa shape index (κ3) is 3.97. The van der Waals surface area contributed by atoms with Gasteiger partial charge in [-0.1, -0.05) is 18.2 Å². The SMILES string of the molecule is CCOC(=O)CC(=O)Cc1ccccc1[N+](=O)[O-]. The van der Waals surface area contributed by atoms with Crippen molar-refractivity contribution in [2.45, 2.75) is 19.8 Å². The summed E-state index contributed by atoms with van der Waals surface area (Å²) in [5, 5.41) is 10.7. The fraction of sp³-hybridized carbons (Fsp3) is 0.333. The number of nitro groups is 1. The van der Waals surface area contributed by atoms with E-state index in [9.17, 15) is 19.7 Å². The van der Waals surface area contributed by atoms with Gasteiger partial charge >= 0.3 is 5.97 Å². The molecule has 0 heterocycles. The molecule has 18 heavy (non-hydrogen) atoms. The highest BCUT2D eigenvalue weighted by Gasteiger charge is 2.17. The maximum Gasteiger partial charge on any atom is 0.313 e. The van der Waals surface area contributed by atoms with E-state index in [1.165, 1.54) is 18.2 Å². The van der Waals surface area contributed by atoms with Crippen molar-refractivity contribution < 1.29 is 19.2 Å². The summed E-state index contributed by atoms with van der Waals surface area (Å²) < 4.78 is 4.63. The molecule has 6 nitrogen and oxygen atoms in total. The monoisotopic (exact) mass is 251 g/mol. The molecule has 1 rings (SSSR count). The predicted octanol–water partition coefficient (Wildman–Crippen LogP) is 1.66. The summed E-state index contributed by atoms with van der Waals surface area (Å²) in [6, 6.07) is 5.96. The molecule has 0 radical (unpaired) electrons. The summed E-state index contributed by atoms with van der Waals surface area (Å²) in [7, 11) is 0. The number of nitro benzene ring substituents is 1. The average Bonchev–Trinajstić information content (AvgIpc) is 2.29. The highest BCUT2D eigenvalue weighted by molar-refractivity contribution is 5.96. The number of carbonyl (C=O) groups is 2. The molecule has 0 saturated heterocycles. The van der Waals surface area contributed by atoms with E-state index in [4.69, 9.17) is 0 Å². The summed E-state index contributed by atoms with van der Waals surface area (Å²) in [4.78, 5) is 32.8. The number of benzene rings is 1. The molecule has 0 aliphatic heterocycles. The van der Waals surface area contributed by atoms with Crippen molar-refractivity contribution in [1.82, 2.24) is 0 Å². The Morgan fingerprint density at radius 2 is 2.00 bits per heavy atom. The number of Topliss-reactive ketones (excluding diaryl/α,β-unsaturated/α-hetero) is 1. The van der Waals surface area contributed by atoms with E-state index in [0.717, 1.165) is 0 Å². The van der Waals surface area contributed by atoms with Gasteiger partial charge in [-0.3, -0.25) is 19.7 Å². The Morgan fingerprint density at radius 3 is 2.61 bits per heavy atom. The lowest BCUT2D eigenvalue weighted by atomic mass is 10.1. The first kappa shape index (κ1) is 13.8. The fourth-order valence-corrected chi connectivity index (χ4v) is 1.49. The Labute approximate surface area is 104 Å². The summed E-state index contributed by atoms with van der Waals surface area (Å²) in [5.41, 5.74) is 0.187. The molecule has 1 aromatic carbocycles. The van der Waals surface area contributed by atoms with Crippen LogP contribution in [0.4, 0.5) is 5.69 Å². The molecule has 0 N–H and O–H groups in total. The smallest absolute Gasteiger partial charge is 0.313 e. The van der Waals surface area contributed by atoms with Gasteiger partial charge < -0.3 is 4.74 Å². The van der Waals surface area contributed by atoms with E-state index in [0.29, 0.717) is 5.56 Å². The number of carbonyl (C=O) groups excluding carboxylic acids is 2. The molecule has 96 valence electrons. The zero-order chi connectivity index (χ0) is 13.5. The molecule has 6 heteroatoms. The number of ether oxygens (including phenoxy) is 1. The largest absolute Gasteiger partial charge is 0.466 e. The Bertz CT molecular complexity index is 469. The fourth-order valence-electron chi connectivity index (χ4n) is 1.49. The van der Waals surface area contributed by atoms with Gasteiger partial charge in [-0.15, -0.1) is 0 Å². The van der Waals surface area contributed by atoms with E-state index >= 15 is 0 Å². The minimum absolute atomic E-state index is 0.116. The summed E-state index contributed by atoms with van der Waals surface area (Å²) >= 11 is 0. The van der Waals surface area contributed by atoms with Gasteiger partial charge in [-0.05, 0) is 6.92 Å². The Hall–Kier alpha value is -2.24. The van der Waals surface area contributed by atoms with Crippen molar-refractivity contribution >= 4 is 17.4 Å². The predicted molar refractivity (Wildman–Crippen MR) is 63.1 cm³/mol. The second-order valence-corrected chi connectivity index (χ2v) is 3.58. The van der Waals surface area contributed by atoms with Crippen LogP contribution < -0.4 is 0 Å². The van der Waals surface area contributed by atoms with Crippen molar-refractivity contribution in [3.8, 4) is 0 Å². The Balaban J connectivity index is 2.70. The molecule has 0 fully saturated rings. The van der Waals surface area contributed by atoms with Gasteiger partial charge in [0, 0.05) is 18.1 Å². The molecule has 0 amide bonds. The Morgan fingerprint density at radius 1 is 1.33 bits per heavy atom. The van der Waals surface area contributed by atoms with Crippen LogP contribution in [0.3, 0.4) is 0 Å². The normalized spacial score (nSPS) is 9.83. The van der Waals surface area contributed by atoms with Crippen molar-refractivity contribution in [3.63, 3.8) is 0 Å².